The molecular formula is C19H21N5O3. The van der Waals surface area contributed by atoms with Crippen molar-refractivity contribution >= 4 is 11.6 Å². The maximum Gasteiger partial charge on any atom is 0.350 e. The number of benzene rings is 1. The minimum absolute atomic E-state index is 0.0220. The highest BCUT2D eigenvalue weighted by atomic mass is 16.3. The minimum atomic E-state index is -0.133. The van der Waals surface area contributed by atoms with Crippen LogP contribution in [0.4, 0.5) is 0 Å². The Balaban J connectivity index is 1.33. The van der Waals surface area contributed by atoms with Gasteiger partial charge in [0.1, 0.15) is 5.75 Å². The predicted octanol–water partition coefficient (Wildman–Crippen LogP) is 0.660. The summed E-state index contributed by atoms with van der Waals surface area (Å²) >= 11 is 0. The van der Waals surface area contributed by atoms with E-state index in [0.29, 0.717) is 37.4 Å². The van der Waals surface area contributed by atoms with Gasteiger partial charge >= 0.3 is 5.69 Å². The number of pyridine rings is 1. The first-order valence-corrected chi connectivity index (χ1v) is 8.97. The van der Waals surface area contributed by atoms with Crippen LogP contribution in [0.15, 0.2) is 53.5 Å². The molecule has 3 aromatic rings. The first-order valence-electron chi connectivity index (χ1n) is 8.97. The number of phenolic OH excluding ortho intramolecular Hbond substituents is 1. The molecule has 1 fully saturated rings. The molecule has 1 aliphatic rings. The number of rotatable bonds is 4. The lowest BCUT2D eigenvalue weighted by Crippen LogP contribution is -2.49. The molecule has 1 N–H and O–H groups in total. The largest absolute Gasteiger partial charge is 0.508 e. The van der Waals surface area contributed by atoms with Crippen LogP contribution in [-0.4, -0.2) is 67.7 Å². The predicted molar refractivity (Wildman–Crippen MR) is 99.9 cm³/mol. The molecule has 1 saturated heterocycles. The topological polar surface area (TPSA) is 83.1 Å². The second kappa shape index (κ2) is 7.24. The number of nitrogens with zero attached hydrogens (tertiary/aromatic N) is 5. The third kappa shape index (κ3) is 3.56. The number of phenols is 1. The monoisotopic (exact) mass is 367 g/mol. The van der Waals surface area contributed by atoms with Crippen molar-refractivity contribution in [1.82, 2.24) is 24.0 Å². The van der Waals surface area contributed by atoms with Gasteiger partial charge in [-0.25, -0.2) is 9.48 Å². The second-order valence-electron chi connectivity index (χ2n) is 6.62. The number of aromatic nitrogens is 3. The highest BCUT2D eigenvalue weighted by molar-refractivity contribution is 5.94. The molecule has 0 saturated carbocycles. The van der Waals surface area contributed by atoms with Crippen LogP contribution in [-0.2, 0) is 6.54 Å². The van der Waals surface area contributed by atoms with Gasteiger partial charge in [0.2, 0.25) is 0 Å². The van der Waals surface area contributed by atoms with Crippen LogP contribution in [0.1, 0.15) is 10.4 Å². The number of fused-ring (bicyclic) bond motifs is 1. The molecule has 0 radical (unpaired) electrons. The molecule has 0 spiro atoms. The van der Waals surface area contributed by atoms with E-state index in [1.54, 1.807) is 18.3 Å². The van der Waals surface area contributed by atoms with Crippen LogP contribution in [0.25, 0.3) is 5.65 Å². The van der Waals surface area contributed by atoms with E-state index in [1.165, 1.54) is 21.2 Å². The third-order valence-electron chi connectivity index (χ3n) is 4.89. The molecule has 4 rings (SSSR count). The summed E-state index contributed by atoms with van der Waals surface area (Å²) in [5.74, 6) is 0.129. The van der Waals surface area contributed by atoms with E-state index in [4.69, 9.17) is 0 Å². The smallest absolute Gasteiger partial charge is 0.350 e. The van der Waals surface area contributed by atoms with E-state index >= 15 is 0 Å². The first kappa shape index (κ1) is 17.3. The Labute approximate surface area is 155 Å². The molecule has 8 heteroatoms. The summed E-state index contributed by atoms with van der Waals surface area (Å²) in [6.45, 7) is 4.02. The summed E-state index contributed by atoms with van der Waals surface area (Å²) in [4.78, 5) is 28.9. The number of carbonyl (C=O) groups is 1. The minimum Gasteiger partial charge on any atom is -0.508 e. The van der Waals surface area contributed by atoms with E-state index in [0.717, 1.165) is 13.1 Å². The Bertz CT molecular complexity index is 1000. The zero-order valence-electron chi connectivity index (χ0n) is 14.9. The molecule has 140 valence electrons. The van der Waals surface area contributed by atoms with E-state index in [1.807, 2.05) is 23.1 Å². The van der Waals surface area contributed by atoms with Gasteiger partial charge in [-0.3, -0.25) is 14.1 Å². The van der Waals surface area contributed by atoms with Crippen LogP contribution in [0.2, 0.25) is 0 Å². The third-order valence-corrected chi connectivity index (χ3v) is 4.89. The fourth-order valence-electron chi connectivity index (χ4n) is 3.31. The van der Waals surface area contributed by atoms with Gasteiger partial charge in [0.05, 0.1) is 6.54 Å². The molecule has 1 amide bonds. The van der Waals surface area contributed by atoms with Gasteiger partial charge in [-0.2, -0.15) is 0 Å². The summed E-state index contributed by atoms with van der Waals surface area (Å²) in [6, 6.07) is 11.8. The fourth-order valence-corrected chi connectivity index (χ4v) is 3.31. The van der Waals surface area contributed by atoms with Crippen molar-refractivity contribution in [3.8, 4) is 5.75 Å². The van der Waals surface area contributed by atoms with Crippen molar-refractivity contribution in [2.45, 2.75) is 6.54 Å². The molecule has 8 nitrogen and oxygen atoms in total. The molecule has 2 aromatic heterocycles. The van der Waals surface area contributed by atoms with E-state index in [2.05, 4.69) is 10.00 Å². The first-order chi connectivity index (χ1) is 13.1. The van der Waals surface area contributed by atoms with Gasteiger partial charge in [-0.15, -0.1) is 5.10 Å². The molecule has 1 aliphatic heterocycles. The molecule has 0 atom stereocenters. The van der Waals surface area contributed by atoms with Crippen molar-refractivity contribution in [2.24, 2.45) is 0 Å². The highest BCUT2D eigenvalue weighted by Gasteiger charge is 2.22. The SMILES string of the molecule is O=C(c1ccc(O)cc1)N1CCN(CCn2nc3ccccn3c2=O)CC1. The number of hydrogen-bond acceptors (Lipinski definition) is 5. The van der Waals surface area contributed by atoms with E-state index in [9.17, 15) is 14.7 Å². The molecule has 1 aromatic carbocycles. The summed E-state index contributed by atoms with van der Waals surface area (Å²) in [7, 11) is 0. The van der Waals surface area contributed by atoms with Gasteiger partial charge in [0.15, 0.2) is 5.65 Å². The Morgan fingerprint density at radius 3 is 2.44 bits per heavy atom. The normalized spacial score (nSPS) is 15.3. The Morgan fingerprint density at radius 2 is 1.74 bits per heavy atom. The lowest BCUT2D eigenvalue weighted by atomic mass is 10.1. The average molecular weight is 367 g/mol. The number of amides is 1. The zero-order valence-corrected chi connectivity index (χ0v) is 14.9. The lowest BCUT2D eigenvalue weighted by molar-refractivity contribution is 0.0631. The Kier molecular flexibility index (Phi) is 4.64. The van der Waals surface area contributed by atoms with Crippen LogP contribution in [0.5, 0.6) is 5.75 Å². The van der Waals surface area contributed by atoms with E-state index in [-0.39, 0.29) is 17.3 Å². The Morgan fingerprint density at radius 1 is 1.00 bits per heavy atom. The van der Waals surface area contributed by atoms with Crippen molar-refractivity contribution in [1.29, 1.82) is 0 Å². The summed E-state index contributed by atoms with van der Waals surface area (Å²) in [5, 5.41) is 13.7. The van der Waals surface area contributed by atoms with Crippen LogP contribution in [0.3, 0.4) is 0 Å². The second-order valence-corrected chi connectivity index (χ2v) is 6.62. The zero-order chi connectivity index (χ0) is 18.8. The molecule has 3 heterocycles. The van der Waals surface area contributed by atoms with Crippen LogP contribution >= 0.6 is 0 Å². The number of aromatic hydroxyl groups is 1. The number of hydrogen-bond donors (Lipinski definition) is 1. The molecular weight excluding hydrogens is 346 g/mol. The maximum atomic E-state index is 12.5. The standard InChI is InChI=1S/C19H21N5O3/c25-16-6-4-15(5-7-16)18(26)22-12-9-21(10-13-22)11-14-24-19(27)23-8-2-1-3-17(23)20-24/h1-8,25H,9-14H2. The quantitative estimate of drug-likeness (QED) is 0.733. The van der Waals surface area contributed by atoms with Crippen molar-refractivity contribution in [2.75, 3.05) is 32.7 Å². The summed E-state index contributed by atoms with van der Waals surface area (Å²) < 4.78 is 3.03. The van der Waals surface area contributed by atoms with Gasteiger partial charge in [0, 0.05) is 44.5 Å². The number of piperazine rings is 1. The van der Waals surface area contributed by atoms with Gasteiger partial charge < -0.3 is 10.0 Å². The van der Waals surface area contributed by atoms with Crippen molar-refractivity contribution in [3.05, 3.63) is 64.7 Å². The highest BCUT2D eigenvalue weighted by Crippen LogP contribution is 2.13. The molecule has 27 heavy (non-hydrogen) atoms. The Hall–Kier alpha value is -3.13. The summed E-state index contributed by atoms with van der Waals surface area (Å²) in [6.07, 6.45) is 1.72. The van der Waals surface area contributed by atoms with Gasteiger partial charge in [0.25, 0.3) is 5.91 Å². The maximum absolute atomic E-state index is 12.5. The molecule has 0 aliphatic carbocycles. The molecule has 0 bridgehead atoms. The van der Waals surface area contributed by atoms with E-state index < -0.39 is 0 Å². The summed E-state index contributed by atoms with van der Waals surface area (Å²) in [5.41, 5.74) is 1.09. The fraction of sp³-hybridized carbons (Fsp3) is 0.316. The van der Waals surface area contributed by atoms with Crippen molar-refractivity contribution < 1.29 is 9.90 Å². The van der Waals surface area contributed by atoms with Crippen molar-refractivity contribution in [3.63, 3.8) is 0 Å². The van der Waals surface area contributed by atoms with Gasteiger partial charge in [-0.05, 0) is 36.4 Å². The number of carbonyl (C=O) groups excluding carboxylic acids is 1. The lowest BCUT2D eigenvalue weighted by Gasteiger charge is -2.34. The molecule has 0 unspecified atom stereocenters. The average Bonchev–Trinajstić information content (AvgIpc) is 3.03. The van der Waals surface area contributed by atoms with Crippen LogP contribution in [0, 0.1) is 0 Å². The van der Waals surface area contributed by atoms with Crippen LogP contribution < -0.4 is 5.69 Å². The van der Waals surface area contributed by atoms with Gasteiger partial charge in [-0.1, -0.05) is 6.07 Å².